The first-order chi connectivity index (χ1) is 17.8. The van der Waals surface area contributed by atoms with Crippen molar-refractivity contribution in [1.29, 1.82) is 0 Å². The molecule has 0 bridgehead atoms. The molecule has 3 atom stereocenters. The molecule has 0 fully saturated rings. The summed E-state index contributed by atoms with van der Waals surface area (Å²) in [5, 5.41) is 4.30. The first kappa shape index (κ1) is 23.1. The summed E-state index contributed by atoms with van der Waals surface area (Å²) in [6.45, 7) is 11.6. The van der Waals surface area contributed by atoms with Gasteiger partial charge in [-0.05, 0) is 48.6 Å². The second-order valence-corrected chi connectivity index (χ2v) is 10.3. The quantitative estimate of drug-likeness (QED) is 0.334. The van der Waals surface area contributed by atoms with Crippen molar-refractivity contribution in [2.45, 2.75) is 32.1 Å². The highest BCUT2D eigenvalue weighted by molar-refractivity contribution is 6.00. The highest BCUT2D eigenvalue weighted by Gasteiger charge is 2.50. The van der Waals surface area contributed by atoms with Gasteiger partial charge in [0.25, 0.3) is 0 Å². The van der Waals surface area contributed by atoms with Gasteiger partial charge < -0.3 is 4.79 Å². The number of halogens is 1. The molecule has 0 saturated carbocycles. The lowest BCUT2D eigenvalue weighted by Crippen LogP contribution is -2.45. The van der Waals surface area contributed by atoms with Crippen LogP contribution in [0.15, 0.2) is 72.7 Å². The third-order valence-electron chi connectivity index (χ3n) is 8.00. The molecule has 2 aromatic heterocycles. The van der Waals surface area contributed by atoms with E-state index in [1.54, 1.807) is 10.7 Å². The van der Waals surface area contributed by atoms with Crippen LogP contribution in [0.5, 0.6) is 0 Å². The van der Waals surface area contributed by atoms with Crippen LogP contribution in [0.4, 0.5) is 4.39 Å². The van der Waals surface area contributed by atoms with Gasteiger partial charge in [0, 0.05) is 41.4 Å². The number of aromatic nitrogens is 4. The van der Waals surface area contributed by atoms with E-state index >= 15 is 0 Å². The van der Waals surface area contributed by atoms with E-state index in [1.807, 2.05) is 56.7 Å². The number of allylic oxidation sites excluding steroid dienone is 2. The molecule has 2 heterocycles. The van der Waals surface area contributed by atoms with Gasteiger partial charge >= 0.3 is 0 Å². The summed E-state index contributed by atoms with van der Waals surface area (Å²) in [5.41, 5.74) is 5.06. The smallest absolute Gasteiger partial charge is 0.226 e. The van der Waals surface area contributed by atoms with Crippen molar-refractivity contribution in [1.82, 2.24) is 19.3 Å². The fourth-order valence-electron chi connectivity index (χ4n) is 6.18. The molecular formula is C30H26FN5O. The van der Waals surface area contributed by atoms with E-state index in [0.29, 0.717) is 17.9 Å². The van der Waals surface area contributed by atoms with Gasteiger partial charge in [-0.25, -0.2) is 14.2 Å². The first-order valence-corrected chi connectivity index (χ1v) is 12.4. The van der Waals surface area contributed by atoms with Gasteiger partial charge in [0.2, 0.25) is 5.70 Å². The van der Waals surface area contributed by atoms with Gasteiger partial charge in [0.05, 0.1) is 24.2 Å². The van der Waals surface area contributed by atoms with E-state index in [1.165, 1.54) is 12.1 Å². The van der Waals surface area contributed by atoms with E-state index in [4.69, 9.17) is 11.6 Å². The monoisotopic (exact) mass is 491 g/mol. The average molecular weight is 492 g/mol. The summed E-state index contributed by atoms with van der Waals surface area (Å²) in [5.74, 6) is 0.0924. The van der Waals surface area contributed by atoms with Gasteiger partial charge in [0.15, 0.2) is 5.78 Å². The Balaban J connectivity index is 1.61. The maximum Gasteiger partial charge on any atom is 0.226 e. The maximum atomic E-state index is 14.4. The Morgan fingerprint density at radius 2 is 1.92 bits per heavy atom. The molecule has 4 aromatic rings. The normalized spacial score (nSPS) is 22.7. The number of ketones is 1. The van der Waals surface area contributed by atoms with Crippen LogP contribution < -0.4 is 0 Å². The van der Waals surface area contributed by atoms with E-state index in [2.05, 4.69) is 27.5 Å². The Morgan fingerprint density at radius 1 is 1.14 bits per heavy atom. The zero-order valence-electron chi connectivity index (χ0n) is 20.9. The largest absolute Gasteiger partial charge is 0.308 e. The van der Waals surface area contributed by atoms with Crippen LogP contribution in [0.3, 0.4) is 0 Å². The van der Waals surface area contributed by atoms with Gasteiger partial charge in [-0.15, -0.1) is 0 Å². The third-order valence-corrected chi connectivity index (χ3v) is 8.00. The number of fused-ring (bicyclic) bond motifs is 3. The number of nitrogens with zero attached hydrogens (tertiary/aromatic N) is 5. The summed E-state index contributed by atoms with van der Waals surface area (Å²) in [4.78, 5) is 21.6. The van der Waals surface area contributed by atoms with Crippen molar-refractivity contribution in [3.05, 3.63) is 101 Å². The fourth-order valence-corrected chi connectivity index (χ4v) is 6.18. The Kier molecular flexibility index (Phi) is 5.23. The predicted molar refractivity (Wildman–Crippen MR) is 139 cm³/mol. The number of hydrogen-bond acceptors (Lipinski definition) is 3. The van der Waals surface area contributed by atoms with E-state index in [-0.39, 0.29) is 29.1 Å². The van der Waals surface area contributed by atoms with Crippen LogP contribution in [0.2, 0.25) is 0 Å². The van der Waals surface area contributed by atoms with Gasteiger partial charge in [-0.1, -0.05) is 44.2 Å². The van der Waals surface area contributed by atoms with Gasteiger partial charge in [-0.2, -0.15) is 5.10 Å². The van der Waals surface area contributed by atoms with E-state index in [9.17, 15) is 9.18 Å². The topological polar surface area (TPSA) is 57.1 Å². The number of Topliss-reactive ketones (excluding diaryl/α,β-unsaturated/α-hetero) is 1. The standard InChI is InChI=1S/C30H26FN5O/c1-18-24-11-12-26-28(30(24,2)15-25(32-3)27(18)37)34-29(36(26)23-10-6-9-22(31)14-23)20-8-5-7-19(13-20)21-16-33-35(4)17-21/h5-10,13-18,24H,11-12H2,1-2,4H3/t18-,24-,30-/m1/s1. The summed E-state index contributed by atoms with van der Waals surface area (Å²) in [6.07, 6.45) is 7.11. The number of benzene rings is 2. The fraction of sp³-hybridized carbons (Fsp3) is 0.267. The zero-order chi connectivity index (χ0) is 25.9. The SMILES string of the molecule is [C-]#[N+]C1=C[C@@]2(C)c3nc(-c4cccc(-c5cnn(C)c5)c4)n(-c4cccc(F)c4)c3CC[C@@H]2[C@@H](C)C1=O. The Labute approximate surface area is 214 Å². The lowest BCUT2D eigenvalue weighted by atomic mass is 9.59. The molecule has 37 heavy (non-hydrogen) atoms. The molecule has 2 aromatic carbocycles. The number of carbonyl (C=O) groups excluding carboxylic acids is 1. The van der Waals surface area contributed by atoms with Crippen LogP contribution in [0, 0.1) is 24.2 Å². The lowest BCUT2D eigenvalue weighted by Gasteiger charge is -2.44. The predicted octanol–water partition coefficient (Wildman–Crippen LogP) is 5.92. The summed E-state index contributed by atoms with van der Waals surface area (Å²) in [6, 6.07) is 14.7. The van der Waals surface area contributed by atoms with Crippen molar-refractivity contribution < 1.29 is 9.18 Å². The summed E-state index contributed by atoms with van der Waals surface area (Å²) < 4.78 is 18.2. The molecule has 2 aliphatic rings. The molecule has 0 amide bonds. The number of hydrogen-bond donors (Lipinski definition) is 0. The molecular weight excluding hydrogens is 465 g/mol. The number of imidazole rings is 1. The van der Waals surface area contributed by atoms with Crippen molar-refractivity contribution in [2.75, 3.05) is 0 Å². The van der Waals surface area contributed by atoms with Crippen molar-refractivity contribution in [3.63, 3.8) is 0 Å². The molecule has 0 spiro atoms. The molecule has 184 valence electrons. The Bertz CT molecular complexity index is 1640. The molecule has 0 radical (unpaired) electrons. The third kappa shape index (κ3) is 3.55. The van der Waals surface area contributed by atoms with Gasteiger partial charge in [0.1, 0.15) is 11.6 Å². The zero-order valence-corrected chi connectivity index (χ0v) is 20.9. The minimum absolute atomic E-state index is 0.0448. The van der Waals surface area contributed by atoms with E-state index < -0.39 is 5.41 Å². The first-order valence-electron chi connectivity index (χ1n) is 12.4. The second kappa shape index (κ2) is 8.38. The Hall–Kier alpha value is -4.31. The maximum absolute atomic E-state index is 14.4. The highest BCUT2D eigenvalue weighted by atomic mass is 19.1. The number of rotatable bonds is 3. The molecule has 0 unspecified atom stereocenters. The molecule has 0 aliphatic heterocycles. The van der Waals surface area contributed by atoms with Crippen LogP contribution in [-0.4, -0.2) is 25.1 Å². The molecule has 2 aliphatic carbocycles. The number of aryl methyl sites for hydroxylation is 1. The van der Waals surface area contributed by atoms with E-state index in [0.717, 1.165) is 34.5 Å². The number of carbonyl (C=O) groups is 1. The Morgan fingerprint density at radius 3 is 2.65 bits per heavy atom. The minimum Gasteiger partial charge on any atom is -0.308 e. The van der Waals surface area contributed by atoms with Crippen molar-refractivity contribution in [3.8, 4) is 28.2 Å². The highest BCUT2D eigenvalue weighted by Crippen LogP contribution is 2.51. The average Bonchev–Trinajstić information content (AvgIpc) is 3.51. The van der Waals surface area contributed by atoms with Crippen molar-refractivity contribution in [2.24, 2.45) is 18.9 Å². The van der Waals surface area contributed by atoms with Crippen LogP contribution >= 0.6 is 0 Å². The molecule has 6 nitrogen and oxygen atoms in total. The summed E-state index contributed by atoms with van der Waals surface area (Å²) in [7, 11) is 1.88. The molecule has 6 rings (SSSR count). The minimum atomic E-state index is -0.574. The molecule has 7 heteroatoms. The van der Waals surface area contributed by atoms with Gasteiger partial charge in [-0.3, -0.25) is 9.25 Å². The van der Waals surface area contributed by atoms with Crippen molar-refractivity contribution >= 4 is 5.78 Å². The summed E-state index contributed by atoms with van der Waals surface area (Å²) >= 11 is 0. The van der Waals surface area contributed by atoms with Crippen LogP contribution in [0.25, 0.3) is 33.0 Å². The molecule has 0 saturated heterocycles. The second-order valence-electron chi connectivity index (χ2n) is 10.3. The van der Waals surface area contributed by atoms with Crippen LogP contribution in [0.1, 0.15) is 31.7 Å². The lowest BCUT2D eigenvalue weighted by molar-refractivity contribution is -0.121. The molecule has 0 N–H and O–H groups in total. The van der Waals surface area contributed by atoms with Crippen LogP contribution in [-0.2, 0) is 23.7 Å².